The summed E-state index contributed by atoms with van der Waals surface area (Å²) in [7, 11) is 0. The molecule has 0 bridgehead atoms. The lowest BCUT2D eigenvalue weighted by atomic mass is 9.67. The largest absolute Gasteiger partial charge is 0.310 e. The van der Waals surface area contributed by atoms with Crippen LogP contribution in [0.25, 0.3) is 72.0 Å². The van der Waals surface area contributed by atoms with Crippen LogP contribution in [0, 0.1) is 0 Å². The van der Waals surface area contributed by atoms with Crippen molar-refractivity contribution in [1.29, 1.82) is 0 Å². The van der Waals surface area contributed by atoms with Crippen LogP contribution in [0.15, 0.2) is 279 Å². The maximum atomic E-state index is 2.50. The molecule has 12 aromatic rings. The van der Waals surface area contributed by atoms with Crippen molar-refractivity contribution in [3.63, 3.8) is 0 Å². The van der Waals surface area contributed by atoms with Gasteiger partial charge in [-0.15, -0.1) is 0 Å². The minimum atomic E-state index is -0.512. The third kappa shape index (κ3) is 6.64. The summed E-state index contributed by atoms with van der Waals surface area (Å²) in [5.41, 5.74) is 21.0. The van der Waals surface area contributed by atoms with E-state index >= 15 is 0 Å². The van der Waals surface area contributed by atoms with Gasteiger partial charge in [0.15, 0.2) is 0 Å². The minimum absolute atomic E-state index is 0.512. The molecule has 324 valence electrons. The molecule has 13 rings (SSSR count). The molecule has 0 unspecified atom stereocenters. The average molecular weight is 879 g/mol. The first-order chi connectivity index (χ1) is 34.2. The Morgan fingerprint density at radius 2 is 0.739 bits per heavy atom. The highest BCUT2D eigenvalue weighted by atomic mass is 15.1. The van der Waals surface area contributed by atoms with Crippen molar-refractivity contribution in [2.24, 2.45) is 0 Å². The average Bonchev–Trinajstić information content (AvgIpc) is 3.92. The molecule has 0 saturated heterocycles. The van der Waals surface area contributed by atoms with Crippen molar-refractivity contribution in [2.45, 2.75) is 5.41 Å². The maximum absolute atomic E-state index is 2.50. The summed E-state index contributed by atoms with van der Waals surface area (Å²) in [4.78, 5) is 2.40. The van der Waals surface area contributed by atoms with Crippen molar-refractivity contribution in [2.75, 3.05) is 4.90 Å². The van der Waals surface area contributed by atoms with Crippen molar-refractivity contribution in [3.8, 4) is 50.2 Å². The van der Waals surface area contributed by atoms with Crippen molar-refractivity contribution in [1.82, 2.24) is 4.57 Å². The monoisotopic (exact) mass is 878 g/mol. The molecular weight excluding hydrogens is 833 g/mol. The van der Waals surface area contributed by atoms with Crippen LogP contribution in [0.4, 0.5) is 17.1 Å². The van der Waals surface area contributed by atoms with E-state index in [-0.39, 0.29) is 0 Å². The van der Waals surface area contributed by atoms with Gasteiger partial charge in [0.1, 0.15) is 0 Å². The molecule has 11 aromatic carbocycles. The Balaban J connectivity index is 1.01. The number of hydrogen-bond donors (Lipinski definition) is 0. The number of benzene rings is 11. The summed E-state index contributed by atoms with van der Waals surface area (Å²) < 4.78 is 2.40. The predicted molar refractivity (Wildman–Crippen MR) is 289 cm³/mol. The van der Waals surface area contributed by atoms with Crippen molar-refractivity contribution >= 4 is 38.9 Å². The summed E-state index contributed by atoms with van der Waals surface area (Å²) in [6, 6.07) is 102. The standard InChI is InChI=1S/C67H46N2/c1-6-20-47(21-7-1)48-34-38-54(39-35-48)68(56-42-43-59-58-31-17-19-33-65(58)69(66(59)44-56)53-28-14-5-15-29-53)55-40-36-50(37-41-55)61-46-64-62(45-60(61)49-22-8-2-9-23-49)57-30-16-18-32-63(57)67(64,51-24-10-3-11-25-51)52-26-12-4-13-27-52/h1-46H. The molecule has 0 N–H and O–H groups in total. The first-order valence-electron chi connectivity index (χ1n) is 23.8. The quantitative estimate of drug-likeness (QED) is 0.140. The van der Waals surface area contributed by atoms with Crippen molar-refractivity contribution < 1.29 is 0 Å². The van der Waals surface area contributed by atoms with Crippen LogP contribution in [0.5, 0.6) is 0 Å². The van der Waals surface area contributed by atoms with Crippen LogP contribution in [0.2, 0.25) is 0 Å². The smallest absolute Gasteiger partial charge is 0.0713 e. The molecule has 2 heteroatoms. The number of hydrogen-bond acceptors (Lipinski definition) is 1. The molecule has 1 aromatic heterocycles. The lowest BCUT2D eigenvalue weighted by Crippen LogP contribution is -2.28. The molecular formula is C67H46N2. The Morgan fingerprint density at radius 1 is 0.275 bits per heavy atom. The molecule has 0 aliphatic heterocycles. The topological polar surface area (TPSA) is 8.17 Å². The number of para-hydroxylation sites is 2. The Kier molecular flexibility index (Phi) is 9.77. The molecule has 1 aliphatic rings. The maximum Gasteiger partial charge on any atom is 0.0713 e. The second kappa shape index (κ2) is 16.7. The minimum Gasteiger partial charge on any atom is -0.310 e. The first-order valence-corrected chi connectivity index (χ1v) is 23.8. The molecule has 1 heterocycles. The second-order valence-electron chi connectivity index (χ2n) is 18.0. The van der Waals surface area contributed by atoms with E-state index in [9.17, 15) is 0 Å². The number of aromatic nitrogens is 1. The van der Waals surface area contributed by atoms with Crippen LogP contribution in [0.1, 0.15) is 22.3 Å². The number of fused-ring (bicyclic) bond motifs is 6. The Morgan fingerprint density at radius 3 is 1.39 bits per heavy atom. The second-order valence-corrected chi connectivity index (χ2v) is 18.0. The fraction of sp³-hybridized carbons (Fsp3) is 0.0149. The van der Waals surface area contributed by atoms with Crippen LogP contribution in [-0.2, 0) is 5.41 Å². The molecule has 2 nitrogen and oxygen atoms in total. The van der Waals surface area contributed by atoms with E-state index in [2.05, 4.69) is 289 Å². The number of anilines is 3. The third-order valence-electron chi connectivity index (χ3n) is 14.3. The van der Waals surface area contributed by atoms with E-state index in [1.807, 2.05) is 0 Å². The zero-order valence-electron chi connectivity index (χ0n) is 38.0. The molecule has 1 aliphatic carbocycles. The molecule has 69 heavy (non-hydrogen) atoms. The summed E-state index contributed by atoms with van der Waals surface area (Å²) in [5.74, 6) is 0. The number of nitrogens with zero attached hydrogens (tertiary/aromatic N) is 2. The summed E-state index contributed by atoms with van der Waals surface area (Å²) in [6.45, 7) is 0. The summed E-state index contributed by atoms with van der Waals surface area (Å²) >= 11 is 0. The zero-order valence-corrected chi connectivity index (χ0v) is 38.0. The molecule has 0 saturated carbocycles. The van der Waals surface area contributed by atoms with Gasteiger partial charge in [0.05, 0.1) is 16.4 Å². The summed E-state index contributed by atoms with van der Waals surface area (Å²) in [6.07, 6.45) is 0. The first kappa shape index (κ1) is 40.3. The predicted octanol–water partition coefficient (Wildman–Crippen LogP) is 17.6. The van der Waals surface area contributed by atoms with Gasteiger partial charge in [0, 0.05) is 33.5 Å². The lowest BCUT2D eigenvalue weighted by molar-refractivity contribution is 0.769. The van der Waals surface area contributed by atoms with Gasteiger partial charge in [-0.3, -0.25) is 0 Å². The molecule has 0 amide bonds. The molecule has 0 spiro atoms. The van der Waals surface area contributed by atoms with Gasteiger partial charge in [-0.25, -0.2) is 0 Å². The van der Waals surface area contributed by atoms with Crippen molar-refractivity contribution in [3.05, 3.63) is 301 Å². The van der Waals surface area contributed by atoms with E-state index < -0.39 is 5.41 Å². The Bertz CT molecular complexity index is 3750. The van der Waals surface area contributed by atoms with E-state index in [4.69, 9.17) is 0 Å². The highest BCUT2D eigenvalue weighted by Gasteiger charge is 2.46. The van der Waals surface area contributed by atoms with Crippen LogP contribution < -0.4 is 4.90 Å². The molecule has 0 radical (unpaired) electrons. The van der Waals surface area contributed by atoms with Crippen LogP contribution >= 0.6 is 0 Å². The van der Waals surface area contributed by atoms with E-state index in [0.717, 1.165) is 33.8 Å². The zero-order chi connectivity index (χ0) is 45.7. The fourth-order valence-corrected chi connectivity index (χ4v) is 11.2. The van der Waals surface area contributed by atoms with E-state index in [0.29, 0.717) is 0 Å². The van der Waals surface area contributed by atoms with Gasteiger partial charge in [-0.1, -0.05) is 212 Å². The SMILES string of the molecule is c1ccc(-c2ccc(N(c3ccc(-c4cc5c(cc4-c4ccccc4)-c4ccccc4C5(c4ccccc4)c4ccccc4)cc3)c3ccc4c5ccccc5n(-c5ccccc5)c4c3)cc2)cc1. The van der Waals surface area contributed by atoms with Gasteiger partial charge in [-0.2, -0.15) is 0 Å². The van der Waals surface area contributed by atoms with Gasteiger partial charge in [0.25, 0.3) is 0 Å². The summed E-state index contributed by atoms with van der Waals surface area (Å²) in [5, 5.41) is 2.46. The van der Waals surface area contributed by atoms with Gasteiger partial charge in [-0.05, 0) is 133 Å². The fourth-order valence-electron chi connectivity index (χ4n) is 11.2. The third-order valence-corrected chi connectivity index (χ3v) is 14.3. The number of rotatable bonds is 9. The lowest BCUT2D eigenvalue weighted by Gasteiger charge is -2.34. The molecule has 0 atom stereocenters. The van der Waals surface area contributed by atoms with E-state index in [1.165, 1.54) is 77.5 Å². The van der Waals surface area contributed by atoms with Gasteiger partial charge in [0.2, 0.25) is 0 Å². The van der Waals surface area contributed by atoms with E-state index in [1.54, 1.807) is 0 Å². The Labute approximate surface area is 403 Å². The van der Waals surface area contributed by atoms with Gasteiger partial charge < -0.3 is 9.47 Å². The van der Waals surface area contributed by atoms with Crippen LogP contribution in [-0.4, -0.2) is 4.57 Å². The normalized spacial score (nSPS) is 12.5. The highest BCUT2D eigenvalue weighted by Crippen LogP contribution is 2.58. The van der Waals surface area contributed by atoms with Crippen LogP contribution in [0.3, 0.4) is 0 Å². The van der Waals surface area contributed by atoms with Gasteiger partial charge >= 0.3 is 0 Å². The highest BCUT2D eigenvalue weighted by molar-refractivity contribution is 6.10. The Hall–Kier alpha value is -8.98. The molecule has 0 fully saturated rings.